The average molecular weight is 217 g/mol. The van der Waals surface area contributed by atoms with Crippen molar-refractivity contribution in [1.29, 1.82) is 0 Å². The number of rotatable bonds is 2. The van der Waals surface area contributed by atoms with Crippen LogP contribution < -0.4 is 0 Å². The molecule has 0 N–H and O–H groups in total. The number of hydrogen-bond acceptors (Lipinski definition) is 3. The van der Waals surface area contributed by atoms with E-state index in [2.05, 4.69) is 14.7 Å². The zero-order valence-electron chi connectivity index (χ0n) is 8.30. The van der Waals surface area contributed by atoms with Gasteiger partial charge in [0, 0.05) is 11.6 Å². The van der Waals surface area contributed by atoms with Gasteiger partial charge in [-0.1, -0.05) is 11.2 Å². The molecule has 4 nitrogen and oxygen atoms in total. The lowest BCUT2D eigenvalue weighted by molar-refractivity contribution is 0.408. The van der Waals surface area contributed by atoms with Crippen LogP contribution in [0, 0.1) is 5.82 Å². The summed E-state index contributed by atoms with van der Waals surface area (Å²) in [4.78, 5) is 3.93. The van der Waals surface area contributed by atoms with Crippen molar-refractivity contribution in [2.45, 2.75) is 6.54 Å². The molecule has 0 bridgehead atoms. The highest BCUT2D eigenvalue weighted by Gasteiger charge is 2.07. The lowest BCUT2D eigenvalue weighted by Gasteiger charge is -2.01. The summed E-state index contributed by atoms with van der Waals surface area (Å²) in [7, 11) is 0. The highest BCUT2D eigenvalue weighted by atomic mass is 19.1. The van der Waals surface area contributed by atoms with Gasteiger partial charge in [0.15, 0.2) is 5.82 Å². The molecule has 3 rings (SSSR count). The van der Waals surface area contributed by atoms with Crippen LogP contribution in [0.2, 0.25) is 0 Å². The molecule has 3 aromatic rings. The molecule has 5 heteroatoms. The molecule has 0 saturated carbocycles. The van der Waals surface area contributed by atoms with E-state index in [4.69, 9.17) is 0 Å². The molecular weight excluding hydrogens is 209 g/mol. The van der Waals surface area contributed by atoms with E-state index in [-0.39, 0.29) is 5.82 Å². The molecule has 0 amide bonds. The summed E-state index contributed by atoms with van der Waals surface area (Å²) in [5.74, 6) is 0.353. The Hall–Kier alpha value is -2.17. The molecule has 2 aromatic heterocycles. The van der Waals surface area contributed by atoms with E-state index in [1.54, 1.807) is 12.1 Å². The Kier molecular flexibility index (Phi) is 1.96. The van der Waals surface area contributed by atoms with Crippen LogP contribution in [0.15, 0.2) is 41.4 Å². The number of nitrogens with zero attached hydrogens (tertiary/aromatic N) is 3. The van der Waals surface area contributed by atoms with Gasteiger partial charge in [0.05, 0.1) is 12.1 Å². The molecule has 0 spiro atoms. The van der Waals surface area contributed by atoms with Crippen LogP contribution in [0.4, 0.5) is 4.39 Å². The molecule has 0 aliphatic heterocycles. The van der Waals surface area contributed by atoms with Crippen LogP contribution in [0.5, 0.6) is 0 Å². The molecule has 0 aliphatic carbocycles. The van der Waals surface area contributed by atoms with Gasteiger partial charge in [-0.25, -0.2) is 4.39 Å². The smallest absolute Gasteiger partial charge is 0.213 e. The Balaban J connectivity index is 2.08. The maximum Gasteiger partial charge on any atom is 0.213 e. The first kappa shape index (κ1) is 9.08. The van der Waals surface area contributed by atoms with E-state index in [1.807, 2.05) is 16.8 Å². The van der Waals surface area contributed by atoms with Gasteiger partial charge in [0.2, 0.25) is 6.39 Å². The molecule has 0 radical (unpaired) electrons. The van der Waals surface area contributed by atoms with Crippen molar-refractivity contribution in [3.05, 3.63) is 48.5 Å². The van der Waals surface area contributed by atoms with Crippen molar-refractivity contribution < 1.29 is 8.91 Å². The van der Waals surface area contributed by atoms with Crippen molar-refractivity contribution in [2.75, 3.05) is 0 Å². The summed E-state index contributed by atoms with van der Waals surface area (Å²) >= 11 is 0. The topological polar surface area (TPSA) is 43.9 Å². The normalized spacial score (nSPS) is 11.1. The fourth-order valence-electron chi connectivity index (χ4n) is 1.74. The Labute approximate surface area is 90.3 Å². The van der Waals surface area contributed by atoms with Gasteiger partial charge in [-0.2, -0.15) is 4.98 Å². The molecular formula is C11H8FN3O. The molecule has 0 fully saturated rings. The summed E-state index contributed by atoms with van der Waals surface area (Å²) in [6.07, 6.45) is 3.09. The average Bonchev–Trinajstić information content (AvgIpc) is 2.90. The predicted octanol–water partition coefficient (Wildman–Crippen LogP) is 2.21. The summed E-state index contributed by atoms with van der Waals surface area (Å²) in [6.45, 7) is 0.476. The quantitative estimate of drug-likeness (QED) is 0.661. The molecule has 2 heterocycles. The van der Waals surface area contributed by atoms with E-state index in [9.17, 15) is 4.39 Å². The fraction of sp³-hybridized carbons (Fsp3) is 0.0909. The van der Waals surface area contributed by atoms with Gasteiger partial charge in [-0.15, -0.1) is 0 Å². The Bertz CT molecular complexity index is 615. The Morgan fingerprint density at radius 2 is 2.25 bits per heavy atom. The van der Waals surface area contributed by atoms with Crippen molar-refractivity contribution in [3.8, 4) is 0 Å². The largest absolute Gasteiger partial charge is 0.343 e. The highest BCUT2D eigenvalue weighted by Crippen LogP contribution is 2.19. The van der Waals surface area contributed by atoms with Crippen LogP contribution in [0.3, 0.4) is 0 Å². The van der Waals surface area contributed by atoms with Gasteiger partial charge in [-0.3, -0.25) is 0 Å². The monoisotopic (exact) mass is 217 g/mol. The van der Waals surface area contributed by atoms with E-state index in [0.717, 1.165) is 5.52 Å². The number of fused-ring (bicyclic) bond motifs is 1. The molecule has 0 unspecified atom stereocenters. The van der Waals surface area contributed by atoms with E-state index >= 15 is 0 Å². The minimum Gasteiger partial charge on any atom is -0.343 e. The summed E-state index contributed by atoms with van der Waals surface area (Å²) in [5, 5.41) is 4.32. The van der Waals surface area contributed by atoms with Gasteiger partial charge in [0.1, 0.15) is 5.82 Å². The number of benzene rings is 1. The fourth-order valence-corrected chi connectivity index (χ4v) is 1.74. The molecule has 0 saturated heterocycles. The highest BCUT2D eigenvalue weighted by molar-refractivity contribution is 5.80. The minimum absolute atomic E-state index is 0.218. The summed E-state index contributed by atoms with van der Waals surface area (Å²) < 4.78 is 19.9. The number of halogens is 1. The predicted molar refractivity (Wildman–Crippen MR) is 55.3 cm³/mol. The van der Waals surface area contributed by atoms with Crippen LogP contribution in [-0.4, -0.2) is 14.7 Å². The van der Waals surface area contributed by atoms with Crippen LogP contribution >= 0.6 is 0 Å². The maximum atomic E-state index is 13.4. The third-order valence-electron chi connectivity index (χ3n) is 2.48. The molecule has 0 aliphatic rings. The van der Waals surface area contributed by atoms with Gasteiger partial charge >= 0.3 is 0 Å². The number of aromatic nitrogens is 3. The van der Waals surface area contributed by atoms with E-state index in [0.29, 0.717) is 17.8 Å². The lowest BCUT2D eigenvalue weighted by atomic mass is 10.2. The second kappa shape index (κ2) is 3.44. The second-order valence-corrected chi connectivity index (χ2v) is 3.46. The van der Waals surface area contributed by atoms with E-state index < -0.39 is 0 Å². The van der Waals surface area contributed by atoms with Crippen molar-refractivity contribution in [3.63, 3.8) is 0 Å². The van der Waals surface area contributed by atoms with Crippen LogP contribution in [0.25, 0.3) is 10.9 Å². The third-order valence-corrected chi connectivity index (χ3v) is 2.48. The molecule has 0 atom stereocenters. The molecule has 1 aromatic carbocycles. The van der Waals surface area contributed by atoms with Crippen LogP contribution in [-0.2, 0) is 6.54 Å². The maximum absolute atomic E-state index is 13.4. The standard InChI is InChI=1S/C11H8FN3O/c12-9-2-1-3-10-8(9)4-5-15(10)6-11-13-7-16-14-11/h1-5,7H,6H2. The molecule has 16 heavy (non-hydrogen) atoms. The third kappa shape index (κ3) is 1.37. The molecule has 80 valence electrons. The summed E-state index contributed by atoms with van der Waals surface area (Å²) in [5.41, 5.74) is 0.824. The lowest BCUT2D eigenvalue weighted by Crippen LogP contribution is -1.99. The van der Waals surface area contributed by atoms with Crippen molar-refractivity contribution >= 4 is 10.9 Å². The van der Waals surface area contributed by atoms with Gasteiger partial charge < -0.3 is 9.09 Å². The first-order valence-electron chi connectivity index (χ1n) is 4.83. The van der Waals surface area contributed by atoms with Crippen molar-refractivity contribution in [1.82, 2.24) is 14.7 Å². The van der Waals surface area contributed by atoms with E-state index in [1.165, 1.54) is 12.5 Å². The second-order valence-electron chi connectivity index (χ2n) is 3.46. The zero-order chi connectivity index (χ0) is 11.0. The zero-order valence-corrected chi connectivity index (χ0v) is 8.30. The number of hydrogen-bond donors (Lipinski definition) is 0. The summed E-state index contributed by atoms with van der Waals surface area (Å²) in [6, 6.07) is 6.73. The van der Waals surface area contributed by atoms with Gasteiger partial charge in [-0.05, 0) is 18.2 Å². The Morgan fingerprint density at radius 1 is 1.31 bits per heavy atom. The first-order chi connectivity index (χ1) is 7.84. The Morgan fingerprint density at radius 3 is 3.06 bits per heavy atom. The SMILES string of the molecule is Fc1cccc2c1ccn2Cc1ncon1. The van der Waals surface area contributed by atoms with Crippen LogP contribution in [0.1, 0.15) is 5.82 Å². The van der Waals surface area contributed by atoms with Gasteiger partial charge in [0.25, 0.3) is 0 Å². The first-order valence-corrected chi connectivity index (χ1v) is 4.83. The van der Waals surface area contributed by atoms with Crippen molar-refractivity contribution in [2.24, 2.45) is 0 Å². The minimum atomic E-state index is -0.218.